The highest BCUT2D eigenvalue weighted by Gasteiger charge is 2.31. The lowest BCUT2D eigenvalue weighted by Crippen LogP contribution is -2.30. The molecule has 0 fully saturated rings. The van der Waals surface area contributed by atoms with Gasteiger partial charge in [-0.3, -0.25) is 37.3 Å². The third kappa shape index (κ3) is 82.1. The van der Waals surface area contributed by atoms with Crippen molar-refractivity contribution in [2.45, 2.75) is 496 Å². The summed E-state index contributed by atoms with van der Waals surface area (Å²) in [7, 11) is -9.93. The van der Waals surface area contributed by atoms with Crippen LogP contribution in [0.2, 0.25) is 0 Å². The average Bonchev–Trinajstić information content (AvgIpc) is 0.899. The summed E-state index contributed by atoms with van der Waals surface area (Å²) >= 11 is 0. The highest BCUT2D eigenvalue weighted by atomic mass is 31.2. The molecule has 0 amide bonds. The molecule has 0 rings (SSSR count). The third-order valence-corrected chi connectivity index (χ3v) is 22.9. The van der Waals surface area contributed by atoms with Gasteiger partial charge in [0, 0.05) is 25.7 Å². The van der Waals surface area contributed by atoms with Crippen molar-refractivity contribution in [3.63, 3.8) is 0 Å². The number of carbonyl (C=O) groups is 4. The second-order valence-corrected chi connectivity index (χ2v) is 35.8. The highest BCUT2D eigenvalue weighted by molar-refractivity contribution is 7.47. The lowest BCUT2D eigenvalue weighted by molar-refractivity contribution is -0.161. The molecule has 0 saturated heterocycles. The van der Waals surface area contributed by atoms with Gasteiger partial charge in [0.1, 0.15) is 19.3 Å². The first kappa shape index (κ1) is 106. The number of phosphoric ester groups is 2. The molecule has 3 N–H and O–H groups in total. The molecule has 108 heavy (non-hydrogen) atoms. The number of hydrogen-bond acceptors (Lipinski definition) is 15. The summed E-state index contributed by atoms with van der Waals surface area (Å²) in [6.45, 7) is 9.71. The van der Waals surface area contributed by atoms with Gasteiger partial charge in [0.15, 0.2) is 12.2 Å². The Morgan fingerprint density at radius 1 is 0.250 bits per heavy atom. The van der Waals surface area contributed by atoms with Crippen LogP contribution in [0.15, 0.2) is 0 Å². The van der Waals surface area contributed by atoms with Crippen molar-refractivity contribution in [1.29, 1.82) is 0 Å². The summed E-state index contributed by atoms with van der Waals surface area (Å²) in [5, 5.41) is 10.7. The largest absolute Gasteiger partial charge is 0.472 e. The smallest absolute Gasteiger partial charge is 0.462 e. The van der Waals surface area contributed by atoms with E-state index in [9.17, 15) is 43.2 Å². The summed E-state index contributed by atoms with van der Waals surface area (Å²) in [6.07, 6.45) is 73.7. The van der Waals surface area contributed by atoms with Gasteiger partial charge in [0.2, 0.25) is 0 Å². The van der Waals surface area contributed by atoms with Crippen molar-refractivity contribution in [3.05, 3.63) is 0 Å². The van der Waals surface area contributed by atoms with E-state index < -0.39 is 97.5 Å². The summed E-state index contributed by atoms with van der Waals surface area (Å²) in [5.41, 5.74) is 0. The number of aliphatic hydroxyl groups is 1. The Morgan fingerprint density at radius 3 is 0.630 bits per heavy atom. The minimum absolute atomic E-state index is 0.108. The summed E-state index contributed by atoms with van der Waals surface area (Å²) < 4.78 is 69.0. The second-order valence-electron chi connectivity index (χ2n) is 32.9. The van der Waals surface area contributed by atoms with Crippen LogP contribution in [0.1, 0.15) is 478 Å². The lowest BCUT2D eigenvalue weighted by atomic mass is 10.0. The van der Waals surface area contributed by atoms with Gasteiger partial charge in [-0.2, -0.15) is 0 Å². The minimum atomic E-state index is -4.97. The zero-order chi connectivity index (χ0) is 79.2. The highest BCUT2D eigenvalue weighted by Crippen LogP contribution is 2.45. The Hall–Kier alpha value is -1.94. The molecule has 0 radical (unpaired) electrons. The van der Waals surface area contributed by atoms with Crippen LogP contribution in [0.3, 0.4) is 0 Å². The molecule has 0 aliphatic rings. The molecule has 2 unspecified atom stereocenters. The lowest BCUT2D eigenvalue weighted by Gasteiger charge is -2.21. The fraction of sp³-hybridized carbons (Fsp3) is 0.955. The Morgan fingerprint density at radius 2 is 0.426 bits per heavy atom. The molecule has 0 aliphatic carbocycles. The van der Waals surface area contributed by atoms with Gasteiger partial charge in [-0.05, 0) is 37.5 Å². The Bertz CT molecular complexity index is 2060. The van der Waals surface area contributed by atoms with Crippen molar-refractivity contribution >= 4 is 39.5 Å². The predicted octanol–water partition coefficient (Wildman–Crippen LogP) is 27.4. The van der Waals surface area contributed by atoms with Gasteiger partial charge in [0.25, 0.3) is 0 Å². The van der Waals surface area contributed by atoms with Crippen LogP contribution in [-0.4, -0.2) is 96.7 Å². The average molecular weight is 1580 g/mol. The third-order valence-electron chi connectivity index (χ3n) is 21.0. The molecule has 17 nitrogen and oxygen atoms in total. The number of carbonyl (C=O) groups excluding carboxylic acids is 4. The van der Waals surface area contributed by atoms with Crippen molar-refractivity contribution < 1.29 is 80.2 Å². The Balaban J connectivity index is 5.25. The van der Waals surface area contributed by atoms with Crippen LogP contribution < -0.4 is 0 Å². The molecule has 0 spiro atoms. The van der Waals surface area contributed by atoms with Crippen LogP contribution in [0, 0.1) is 11.8 Å². The standard InChI is InChI=1S/C89H174O17P2/c1-7-9-11-13-15-17-19-21-23-25-26-27-28-29-35-39-43-49-56-62-68-74-88(93)105-84(77-99-86(91)71-65-59-53-47-41-37-34-31-30-32-36-40-45-51-57-63-69-81(3)4)79-103-107(95,96)101-75-83(90)76-102-108(97,98)104-80-85(78-100-87(92)72-66-60-54-50-44-46-52-58-64-70-82(5)6)106-89(94)73-67-61-55-48-42-38-33-24-22-20-18-16-14-12-10-8-2/h81-85,90H,7-80H2,1-6H3,(H,95,96)(H,97,98)/t83-,84-,85-/m1/s1. The molecule has 5 atom stereocenters. The normalized spacial score (nSPS) is 13.8. The van der Waals surface area contributed by atoms with Crippen LogP contribution in [0.4, 0.5) is 0 Å². The van der Waals surface area contributed by atoms with Crippen LogP contribution in [0.5, 0.6) is 0 Å². The van der Waals surface area contributed by atoms with Crippen molar-refractivity contribution in [1.82, 2.24) is 0 Å². The van der Waals surface area contributed by atoms with Gasteiger partial charge in [0.05, 0.1) is 26.4 Å². The second kappa shape index (κ2) is 80.3. The van der Waals surface area contributed by atoms with E-state index >= 15 is 0 Å². The van der Waals surface area contributed by atoms with Crippen molar-refractivity contribution in [2.24, 2.45) is 11.8 Å². The number of esters is 4. The number of phosphoric acid groups is 2. The summed E-state index contributed by atoms with van der Waals surface area (Å²) in [4.78, 5) is 73.4. The van der Waals surface area contributed by atoms with Gasteiger partial charge in [-0.1, -0.05) is 427 Å². The zero-order valence-corrected chi connectivity index (χ0v) is 73.0. The van der Waals surface area contributed by atoms with E-state index in [1.807, 2.05) is 0 Å². The van der Waals surface area contributed by atoms with E-state index in [1.54, 1.807) is 0 Å². The fourth-order valence-corrected chi connectivity index (χ4v) is 15.5. The first-order valence-corrected chi connectivity index (χ1v) is 49.0. The first-order valence-electron chi connectivity index (χ1n) is 46.0. The maximum absolute atomic E-state index is 13.2. The predicted molar refractivity (Wildman–Crippen MR) is 446 cm³/mol. The Labute approximate surface area is 664 Å². The zero-order valence-electron chi connectivity index (χ0n) is 71.2. The quantitative estimate of drug-likeness (QED) is 0.0222. The van der Waals surface area contributed by atoms with E-state index in [4.69, 9.17) is 37.0 Å². The molecule has 0 heterocycles. The van der Waals surface area contributed by atoms with Gasteiger partial charge >= 0.3 is 39.5 Å². The topological polar surface area (TPSA) is 237 Å². The SMILES string of the molecule is CCCCCCCCCCCCCCCCCCCCCCCC(=O)O[C@H](COC(=O)CCCCCCCCCCCCCCCCCCC(C)C)COP(=O)(O)OC[C@@H](O)COP(=O)(O)OC[C@@H](COC(=O)CCCCCCCCCCCC(C)C)OC(=O)CCCCCCCCCCCCCCCCCC. The molecule has 0 bridgehead atoms. The monoisotopic (exact) mass is 1580 g/mol. The van der Waals surface area contributed by atoms with E-state index in [0.717, 1.165) is 102 Å². The molecular formula is C89H174O17P2. The summed E-state index contributed by atoms with van der Waals surface area (Å²) in [5.74, 6) is -0.541. The number of rotatable bonds is 88. The summed E-state index contributed by atoms with van der Waals surface area (Å²) in [6, 6.07) is 0. The van der Waals surface area contributed by atoms with Gasteiger partial charge in [-0.15, -0.1) is 0 Å². The number of hydrogen-bond donors (Lipinski definition) is 3. The number of aliphatic hydroxyl groups excluding tert-OH is 1. The van der Waals surface area contributed by atoms with Crippen LogP contribution in [0.25, 0.3) is 0 Å². The maximum atomic E-state index is 13.2. The van der Waals surface area contributed by atoms with Crippen molar-refractivity contribution in [2.75, 3.05) is 39.6 Å². The Kier molecular flexibility index (Phi) is 78.8. The van der Waals surface area contributed by atoms with Crippen LogP contribution in [-0.2, 0) is 65.4 Å². The maximum Gasteiger partial charge on any atom is 0.472 e. The van der Waals surface area contributed by atoms with E-state index in [2.05, 4.69) is 41.5 Å². The molecule has 0 aromatic heterocycles. The van der Waals surface area contributed by atoms with Gasteiger partial charge < -0.3 is 33.8 Å². The van der Waals surface area contributed by atoms with E-state index in [0.29, 0.717) is 25.7 Å². The molecule has 0 aromatic rings. The first-order chi connectivity index (χ1) is 52.4. The van der Waals surface area contributed by atoms with E-state index in [-0.39, 0.29) is 25.7 Å². The van der Waals surface area contributed by atoms with Crippen molar-refractivity contribution in [3.8, 4) is 0 Å². The minimum Gasteiger partial charge on any atom is -0.462 e. The fourth-order valence-electron chi connectivity index (χ4n) is 14.0. The van der Waals surface area contributed by atoms with Gasteiger partial charge in [-0.25, -0.2) is 9.13 Å². The molecular weight excluding hydrogens is 1400 g/mol. The number of ether oxygens (including phenoxy) is 4. The molecule has 0 aliphatic heterocycles. The number of unbranched alkanes of at least 4 members (excludes halogenated alkanes) is 58. The molecule has 19 heteroatoms. The molecule has 0 aromatic carbocycles. The van der Waals surface area contributed by atoms with E-state index in [1.165, 1.54) is 295 Å². The molecule has 642 valence electrons. The molecule has 0 saturated carbocycles. The van der Waals surface area contributed by atoms with Crippen LogP contribution >= 0.6 is 15.6 Å².